The van der Waals surface area contributed by atoms with E-state index in [2.05, 4.69) is 20.8 Å². The molecule has 0 bridgehead atoms. The lowest BCUT2D eigenvalue weighted by Gasteiger charge is -2.15. The van der Waals surface area contributed by atoms with Crippen molar-refractivity contribution < 1.29 is 4.74 Å². The summed E-state index contributed by atoms with van der Waals surface area (Å²) >= 11 is 0. The third kappa shape index (κ3) is 2.31. The summed E-state index contributed by atoms with van der Waals surface area (Å²) in [6, 6.07) is 0. The van der Waals surface area contributed by atoms with Gasteiger partial charge < -0.3 is 4.74 Å². The van der Waals surface area contributed by atoms with Crippen LogP contribution in [0.15, 0.2) is 0 Å². The maximum atomic E-state index is 5.10. The minimum atomic E-state index is 0.417. The highest BCUT2D eigenvalue weighted by Gasteiger charge is 2.06. The molecule has 0 aliphatic heterocycles. The normalized spacial score (nSPS) is 18.0. The van der Waals surface area contributed by atoms with E-state index < -0.39 is 0 Å². The Morgan fingerprint density at radius 3 is 2.00 bits per heavy atom. The summed E-state index contributed by atoms with van der Waals surface area (Å²) in [5, 5.41) is 0. The molecule has 0 aliphatic rings. The summed E-state index contributed by atoms with van der Waals surface area (Å²) in [7, 11) is 1.76. The average molecular weight is 116 g/mol. The predicted octanol–water partition coefficient (Wildman–Crippen LogP) is 2.07. The van der Waals surface area contributed by atoms with Crippen molar-refractivity contribution in [2.45, 2.75) is 33.3 Å². The fourth-order valence-electron chi connectivity index (χ4n) is 0.564. The fraction of sp³-hybridized carbons (Fsp3) is 1.00. The predicted molar refractivity (Wildman–Crippen MR) is 35.9 cm³/mol. The van der Waals surface area contributed by atoms with E-state index in [-0.39, 0.29) is 0 Å². The SMILES string of the molecule is CCC(C)[C@@H](C)OC. The maximum Gasteiger partial charge on any atom is 0.0568 e. The first kappa shape index (κ1) is 7.96. The molecule has 8 heavy (non-hydrogen) atoms. The monoisotopic (exact) mass is 116 g/mol. The van der Waals surface area contributed by atoms with Crippen molar-refractivity contribution in [3.05, 3.63) is 0 Å². The summed E-state index contributed by atoms with van der Waals surface area (Å²) in [6.07, 6.45) is 1.62. The van der Waals surface area contributed by atoms with Crippen LogP contribution in [0.5, 0.6) is 0 Å². The van der Waals surface area contributed by atoms with E-state index in [9.17, 15) is 0 Å². The zero-order valence-electron chi connectivity index (χ0n) is 6.27. The van der Waals surface area contributed by atoms with Gasteiger partial charge in [-0.3, -0.25) is 0 Å². The largest absolute Gasteiger partial charge is 0.381 e. The lowest BCUT2D eigenvalue weighted by molar-refractivity contribution is 0.0723. The molecule has 0 heterocycles. The van der Waals surface area contributed by atoms with Gasteiger partial charge in [0.1, 0.15) is 0 Å². The van der Waals surface area contributed by atoms with Gasteiger partial charge in [0.2, 0.25) is 0 Å². The van der Waals surface area contributed by atoms with E-state index in [1.165, 1.54) is 6.42 Å². The average Bonchev–Trinajstić information content (AvgIpc) is 1.84. The van der Waals surface area contributed by atoms with Crippen molar-refractivity contribution in [2.75, 3.05) is 7.11 Å². The van der Waals surface area contributed by atoms with E-state index in [4.69, 9.17) is 4.74 Å². The highest BCUT2D eigenvalue weighted by molar-refractivity contribution is 4.56. The van der Waals surface area contributed by atoms with Gasteiger partial charge in [0.15, 0.2) is 0 Å². The zero-order valence-corrected chi connectivity index (χ0v) is 6.27. The molecular formula is C7H16O. The van der Waals surface area contributed by atoms with Gasteiger partial charge in [0.05, 0.1) is 6.10 Å². The first-order valence-electron chi connectivity index (χ1n) is 3.25. The van der Waals surface area contributed by atoms with Gasteiger partial charge in [0, 0.05) is 7.11 Å². The van der Waals surface area contributed by atoms with Crippen LogP contribution < -0.4 is 0 Å². The van der Waals surface area contributed by atoms with Gasteiger partial charge in [-0.05, 0) is 12.8 Å². The zero-order chi connectivity index (χ0) is 6.57. The molecule has 0 saturated heterocycles. The molecule has 1 heteroatoms. The summed E-state index contributed by atoms with van der Waals surface area (Å²) in [5.41, 5.74) is 0. The molecule has 0 N–H and O–H groups in total. The second-order valence-electron chi connectivity index (χ2n) is 2.33. The van der Waals surface area contributed by atoms with E-state index in [0.29, 0.717) is 12.0 Å². The molecule has 0 aromatic rings. The van der Waals surface area contributed by atoms with Crippen molar-refractivity contribution in [3.63, 3.8) is 0 Å². The molecule has 1 nitrogen and oxygen atoms in total. The molecule has 0 spiro atoms. The molecule has 50 valence electrons. The van der Waals surface area contributed by atoms with Crippen LogP contribution in [0.3, 0.4) is 0 Å². The number of ether oxygens (including phenoxy) is 1. The Hall–Kier alpha value is -0.0400. The van der Waals surface area contributed by atoms with Crippen LogP contribution in [-0.2, 0) is 4.74 Å². The quantitative estimate of drug-likeness (QED) is 0.548. The molecule has 0 aromatic heterocycles. The molecule has 0 rings (SSSR count). The van der Waals surface area contributed by atoms with Crippen molar-refractivity contribution in [1.29, 1.82) is 0 Å². The third-order valence-corrected chi connectivity index (χ3v) is 1.82. The molecule has 0 aliphatic carbocycles. The Morgan fingerprint density at radius 2 is 1.88 bits per heavy atom. The Kier molecular flexibility index (Phi) is 3.88. The molecule has 0 amide bonds. The van der Waals surface area contributed by atoms with Gasteiger partial charge in [0.25, 0.3) is 0 Å². The fourth-order valence-corrected chi connectivity index (χ4v) is 0.564. The van der Waals surface area contributed by atoms with Gasteiger partial charge in [-0.15, -0.1) is 0 Å². The van der Waals surface area contributed by atoms with Gasteiger partial charge in [-0.25, -0.2) is 0 Å². The molecule has 2 atom stereocenters. The van der Waals surface area contributed by atoms with Gasteiger partial charge in [-0.2, -0.15) is 0 Å². The van der Waals surface area contributed by atoms with E-state index in [1.54, 1.807) is 7.11 Å². The first-order chi connectivity index (χ1) is 3.72. The Balaban J connectivity index is 3.29. The number of methoxy groups -OCH3 is 1. The Labute approximate surface area is 52.0 Å². The van der Waals surface area contributed by atoms with Crippen molar-refractivity contribution in [2.24, 2.45) is 5.92 Å². The van der Waals surface area contributed by atoms with Crippen LogP contribution >= 0.6 is 0 Å². The van der Waals surface area contributed by atoms with Crippen LogP contribution in [-0.4, -0.2) is 13.2 Å². The van der Waals surface area contributed by atoms with E-state index in [1.807, 2.05) is 0 Å². The van der Waals surface area contributed by atoms with Crippen LogP contribution in [0.4, 0.5) is 0 Å². The van der Waals surface area contributed by atoms with Crippen molar-refractivity contribution in [1.82, 2.24) is 0 Å². The van der Waals surface area contributed by atoms with Crippen LogP contribution in [0.25, 0.3) is 0 Å². The number of hydrogen-bond donors (Lipinski definition) is 0. The lowest BCUT2D eigenvalue weighted by Crippen LogP contribution is -2.14. The van der Waals surface area contributed by atoms with Gasteiger partial charge >= 0.3 is 0 Å². The van der Waals surface area contributed by atoms with Crippen LogP contribution in [0.1, 0.15) is 27.2 Å². The third-order valence-electron chi connectivity index (χ3n) is 1.82. The van der Waals surface area contributed by atoms with Crippen molar-refractivity contribution >= 4 is 0 Å². The Bertz CT molecular complexity index is 44.3. The van der Waals surface area contributed by atoms with E-state index in [0.717, 1.165) is 0 Å². The second kappa shape index (κ2) is 3.90. The number of rotatable bonds is 3. The first-order valence-corrected chi connectivity index (χ1v) is 3.25. The molecular weight excluding hydrogens is 100 g/mol. The minimum absolute atomic E-state index is 0.417. The molecule has 1 unspecified atom stereocenters. The molecule has 0 radical (unpaired) electrons. The summed E-state index contributed by atoms with van der Waals surface area (Å²) in [5.74, 6) is 0.694. The lowest BCUT2D eigenvalue weighted by atomic mass is 10.0. The van der Waals surface area contributed by atoms with E-state index >= 15 is 0 Å². The minimum Gasteiger partial charge on any atom is -0.381 e. The van der Waals surface area contributed by atoms with Crippen molar-refractivity contribution in [3.8, 4) is 0 Å². The second-order valence-corrected chi connectivity index (χ2v) is 2.33. The smallest absolute Gasteiger partial charge is 0.0568 e. The molecule has 0 saturated carbocycles. The summed E-state index contributed by atoms with van der Waals surface area (Å²) < 4.78 is 5.10. The molecule has 0 fully saturated rings. The Morgan fingerprint density at radius 1 is 1.38 bits per heavy atom. The van der Waals surface area contributed by atoms with Gasteiger partial charge in [-0.1, -0.05) is 20.3 Å². The summed E-state index contributed by atoms with van der Waals surface area (Å²) in [6.45, 7) is 6.49. The summed E-state index contributed by atoms with van der Waals surface area (Å²) in [4.78, 5) is 0. The number of hydrogen-bond acceptors (Lipinski definition) is 1. The topological polar surface area (TPSA) is 9.23 Å². The highest BCUT2D eigenvalue weighted by atomic mass is 16.5. The standard InChI is InChI=1S/C7H16O/c1-5-6(2)7(3)8-4/h6-7H,5H2,1-4H3/t6?,7-/m1/s1. The molecule has 0 aromatic carbocycles. The van der Waals surface area contributed by atoms with Crippen LogP contribution in [0, 0.1) is 5.92 Å². The maximum absolute atomic E-state index is 5.10. The van der Waals surface area contributed by atoms with Crippen LogP contribution in [0.2, 0.25) is 0 Å². The highest BCUT2D eigenvalue weighted by Crippen LogP contribution is 2.08.